The molecule has 4 aromatic rings. The Morgan fingerprint density at radius 2 is 1.81 bits per heavy atom. The molecule has 0 spiro atoms. The van der Waals surface area contributed by atoms with Crippen LogP contribution in [0, 0.1) is 3.57 Å². The molecule has 2 aromatic heterocycles. The molecule has 3 heterocycles. The second-order valence-electron chi connectivity index (χ2n) is 7.23. The van der Waals surface area contributed by atoms with Gasteiger partial charge in [0.2, 0.25) is 5.13 Å². The molecule has 2 aromatic carbocycles. The monoisotopic (exact) mass is 573 g/mol. The van der Waals surface area contributed by atoms with Crippen molar-refractivity contribution in [2.24, 2.45) is 5.10 Å². The molecule has 0 N–H and O–H groups in total. The summed E-state index contributed by atoms with van der Waals surface area (Å²) >= 11 is 5.64. The largest absolute Gasteiger partial charge is 0.493 e. The SMILES string of the molecule is COc1ccc([C@@H]2CC(c3cccs3)=NN2c2nc(-c3ccc(I)cc3)cs2)cc1OC. The molecule has 0 saturated heterocycles. The molecule has 32 heavy (non-hydrogen) atoms. The highest BCUT2D eigenvalue weighted by atomic mass is 127. The zero-order valence-corrected chi connectivity index (χ0v) is 21.3. The van der Waals surface area contributed by atoms with E-state index in [4.69, 9.17) is 19.6 Å². The second kappa shape index (κ2) is 9.21. The molecule has 1 aliphatic heterocycles. The van der Waals surface area contributed by atoms with E-state index >= 15 is 0 Å². The average Bonchev–Trinajstić information content (AvgIpc) is 3.59. The molecule has 162 valence electrons. The first-order valence-corrected chi connectivity index (χ1v) is 12.8. The fraction of sp³-hybridized carbons (Fsp3) is 0.167. The number of thiophene rings is 1. The standard InChI is InChI=1S/C24H20IN3O2S2/c1-29-21-10-7-16(12-22(21)30-2)20-13-18(23-4-3-11-31-23)27-28(20)24-26-19(14-32-24)15-5-8-17(25)9-6-15/h3-12,14,20H,13H2,1-2H3/t20-/m0/s1. The Balaban J connectivity index is 1.53. The zero-order chi connectivity index (χ0) is 22.1. The van der Waals surface area contributed by atoms with Gasteiger partial charge in [0.25, 0.3) is 0 Å². The first kappa shape index (κ1) is 21.4. The molecule has 0 aliphatic carbocycles. The fourth-order valence-corrected chi connectivity index (χ4v) is 5.63. The van der Waals surface area contributed by atoms with E-state index in [0.717, 1.165) is 39.8 Å². The van der Waals surface area contributed by atoms with Crippen molar-refractivity contribution in [1.29, 1.82) is 0 Å². The van der Waals surface area contributed by atoms with Gasteiger partial charge in [0.05, 0.1) is 36.5 Å². The minimum Gasteiger partial charge on any atom is -0.493 e. The van der Waals surface area contributed by atoms with Gasteiger partial charge in [-0.2, -0.15) is 5.10 Å². The number of benzene rings is 2. The second-order valence-corrected chi connectivity index (χ2v) is 10.3. The number of ether oxygens (including phenoxy) is 2. The number of aromatic nitrogens is 1. The van der Waals surface area contributed by atoms with Crippen LogP contribution >= 0.6 is 45.3 Å². The van der Waals surface area contributed by atoms with E-state index in [1.165, 1.54) is 8.45 Å². The van der Waals surface area contributed by atoms with Gasteiger partial charge in [-0.1, -0.05) is 24.3 Å². The topological polar surface area (TPSA) is 47.0 Å². The van der Waals surface area contributed by atoms with Crippen LogP contribution in [0.3, 0.4) is 0 Å². The Morgan fingerprint density at radius 3 is 2.53 bits per heavy atom. The molecule has 0 radical (unpaired) electrons. The summed E-state index contributed by atoms with van der Waals surface area (Å²) in [6.07, 6.45) is 0.800. The Kier molecular flexibility index (Phi) is 6.16. The van der Waals surface area contributed by atoms with Gasteiger partial charge in [0.1, 0.15) is 0 Å². The third kappa shape index (κ3) is 4.14. The van der Waals surface area contributed by atoms with Crippen molar-refractivity contribution in [2.75, 3.05) is 19.2 Å². The summed E-state index contributed by atoms with van der Waals surface area (Å²) in [6.45, 7) is 0. The normalized spacial score (nSPS) is 15.7. The van der Waals surface area contributed by atoms with Crippen LogP contribution in [-0.4, -0.2) is 24.9 Å². The van der Waals surface area contributed by atoms with Crippen molar-refractivity contribution in [1.82, 2.24) is 4.98 Å². The number of methoxy groups -OCH3 is 2. The Morgan fingerprint density at radius 1 is 1.00 bits per heavy atom. The van der Waals surface area contributed by atoms with Gasteiger partial charge in [-0.25, -0.2) is 9.99 Å². The Bertz CT molecular complexity index is 1250. The van der Waals surface area contributed by atoms with E-state index in [0.29, 0.717) is 5.75 Å². The number of rotatable bonds is 6. The van der Waals surface area contributed by atoms with Crippen LogP contribution in [0.25, 0.3) is 11.3 Å². The van der Waals surface area contributed by atoms with E-state index in [-0.39, 0.29) is 6.04 Å². The van der Waals surface area contributed by atoms with Crippen LogP contribution in [0.2, 0.25) is 0 Å². The fourth-order valence-electron chi connectivity index (χ4n) is 3.72. The summed E-state index contributed by atoms with van der Waals surface area (Å²) in [7, 11) is 3.31. The van der Waals surface area contributed by atoms with Gasteiger partial charge in [-0.3, -0.25) is 0 Å². The molecular formula is C24H20IN3O2S2. The van der Waals surface area contributed by atoms with Crippen LogP contribution < -0.4 is 14.5 Å². The minimum absolute atomic E-state index is 0.0302. The molecule has 5 rings (SSSR count). The van der Waals surface area contributed by atoms with Crippen molar-refractivity contribution >= 4 is 56.1 Å². The molecule has 1 atom stereocenters. The van der Waals surface area contributed by atoms with Crippen molar-refractivity contribution in [3.63, 3.8) is 0 Å². The minimum atomic E-state index is 0.0302. The molecule has 0 bridgehead atoms. The van der Waals surface area contributed by atoms with Crippen LogP contribution in [0.5, 0.6) is 11.5 Å². The van der Waals surface area contributed by atoms with E-state index in [1.807, 2.05) is 12.1 Å². The van der Waals surface area contributed by atoms with Gasteiger partial charge < -0.3 is 9.47 Å². The lowest BCUT2D eigenvalue weighted by Gasteiger charge is -2.22. The van der Waals surface area contributed by atoms with Crippen LogP contribution in [0.15, 0.2) is 70.5 Å². The van der Waals surface area contributed by atoms with Crippen LogP contribution in [-0.2, 0) is 0 Å². The summed E-state index contributed by atoms with van der Waals surface area (Å²) in [5.41, 5.74) is 4.26. The molecule has 0 unspecified atom stereocenters. The quantitative estimate of drug-likeness (QED) is 0.237. The number of thiazole rings is 1. The number of nitrogens with zero attached hydrogens (tertiary/aromatic N) is 3. The predicted molar refractivity (Wildman–Crippen MR) is 141 cm³/mol. The zero-order valence-electron chi connectivity index (χ0n) is 17.5. The molecule has 0 saturated carbocycles. The van der Waals surface area contributed by atoms with Gasteiger partial charge in [-0.05, 0) is 63.9 Å². The average molecular weight is 573 g/mol. The number of hydrazone groups is 1. The maximum absolute atomic E-state index is 5.56. The lowest BCUT2D eigenvalue weighted by molar-refractivity contribution is 0.354. The highest BCUT2D eigenvalue weighted by Crippen LogP contribution is 2.42. The molecule has 8 heteroatoms. The highest BCUT2D eigenvalue weighted by Gasteiger charge is 2.32. The summed E-state index contributed by atoms with van der Waals surface area (Å²) in [5.74, 6) is 1.43. The number of hydrogen-bond donors (Lipinski definition) is 0. The van der Waals surface area contributed by atoms with E-state index in [1.54, 1.807) is 36.9 Å². The van der Waals surface area contributed by atoms with Gasteiger partial charge in [0.15, 0.2) is 11.5 Å². The molecule has 0 amide bonds. The first-order chi connectivity index (χ1) is 15.7. The van der Waals surface area contributed by atoms with E-state index < -0.39 is 0 Å². The summed E-state index contributed by atoms with van der Waals surface area (Å²) in [5, 5.41) is 12.1. The van der Waals surface area contributed by atoms with Gasteiger partial charge >= 0.3 is 0 Å². The summed E-state index contributed by atoms with van der Waals surface area (Å²) in [6, 6.07) is 18.7. The van der Waals surface area contributed by atoms with Crippen LogP contribution in [0.1, 0.15) is 22.9 Å². The maximum atomic E-state index is 5.56. The first-order valence-electron chi connectivity index (χ1n) is 10.00. The third-order valence-electron chi connectivity index (χ3n) is 5.34. The predicted octanol–water partition coefficient (Wildman–Crippen LogP) is 6.85. The maximum Gasteiger partial charge on any atom is 0.207 e. The van der Waals surface area contributed by atoms with Crippen molar-refractivity contribution in [3.8, 4) is 22.8 Å². The lowest BCUT2D eigenvalue weighted by Crippen LogP contribution is -2.18. The molecule has 0 fully saturated rings. The summed E-state index contributed by atoms with van der Waals surface area (Å²) < 4.78 is 12.2. The van der Waals surface area contributed by atoms with E-state index in [9.17, 15) is 0 Å². The Labute approximate surface area is 208 Å². The van der Waals surface area contributed by atoms with Gasteiger partial charge in [-0.15, -0.1) is 22.7 Å². The molecular weight excluding hydrogens is 553 g/mol. The van der Waals surface area contributed by atoms with Gasteiger partial charge in [0, 0.05) is 20.9 Å². The smallest absolute Gasteiger partial charge is 0.207 e. The van der Waals surface area contributed by atoms with Crippen LogP contribution in [0.4, 0.5) is 5.13 Å². The number of anilines is 1. The third-order valence-corrected chi connectivity index (χ3v) is 7.80. The van der Waals surface area contributed by atoms with Crippen molar-refractivity contribution in [2.45, 2.75) is 12.5 Å². The van der Waals surface area contributed by atoms with Crippen molar-refractivity contribution < 1.29 is 9.47 Å². The number of halogens is 1. The van der Waals surface area contributed by atoms with E-state index in [2.05, 4.69) is 80.8 Å². The molecule has 1 aliphatic rings. The Hall–Kier alpha value is -2.43. The number of hydrogen-bond acceptors (Lipinski definition) is 7. The highest BCUT2D eigenvalue weighted by molar-refractivity contribution is 14.1. The van der Waals surface area contributed by atoms with Crippen molar-refractivity contribution in [3.05, 3.63) is 79.4 Å². The lowest BCUT2D eigenvalue weighted by atomic mass is 10.0. The molecule has 5 nitrogen and oxygen atoms in total. The summed E-state index contributed by atoms with van der Waals surface area (Å²) in [4.78, 5) is 6.13.